The molecule has 0 amide bonds. The Hall–Kier alpha value is -1.47. The first-order chi connectivity index (χ1) is 6.58. The molecule has 3 N–H and O–H groups in total. The largest absolute Gasteiger partial charge is 0.376 e. The van der Waals surface area contributed by atoms with E-state index in [4.69, 9.17) is 5.73 Å². The van der Waals surface area contributed by atoms with Crippen LogP contribution < -0.4 is 11.1 Å². The van der Waals surface area contributed by atoms with Crippen LogP contribution in [0.4, 0.5) is 11.4 Å². The molecule has 0 saturated carbocycles. The molecule has 1 aromatic carbocycles. The zero-order valence-corrected chi connectivity index (χ0v) is 8.60. The van der Waals surface area contributed by atoms with E-state index in [1.54, 1.807) is 12.1 Å². The minimum atomic E-state index is -2.43. The van der Waals surface area contributed by atoms with Crippen LogP contribution in [0.1, 0.15) is 0 Å². The van der Waals surface area contributed by atoms with Crippen LogP contribution in [-0.2, 0) is 10.5 Å². The molecule has 1 rings (SSSR count). The maximum Gasteiger partial charge on any atom is 0.316 e. The van der Waals surface area contributed by atoms with Gasteiger partial charge in [0.05, 0.1) is 5.69 Å². The molecule has 14 heavy (non-hydrogen) atoms. The Balaban J connectivity index is 2.89. The highest BCUT2D eigenvalue weighted by Crippen LogP contribution is 2.15. The number of nitrogens with zero attached hydrogens (tertiary/aromatic N) is 1. The number of rotatable bonds is 2. The first kappa shape index (κ1) is 10.6. The third-order valence-corrected chi connectivity index (χ3v) is 1.78. The number of hydrogen-bond acceptors (Lipinski definition) is 4. The zero-order chi connectivity index (χ0) is 10.6. The molecular formula is C7H7N3O2S2. The molecule has 0 bridgehead atoms. The summed E-state index contributed by atoms with van der Waals surface area (Å²) in [5.74, 6) is 0. The molecule has 0 spiro atoms. The van der Waals surface area contributed by atoms with Gasteiger partial charge in [0.1, 0.15) is 0 Å². The lowest BCUT2D eigenvalue weighted by atomic mass is 10.3. The summed E-state index contributed by atoms with van der Waals surface area (Å²) < 4.78 is 23.7. The van der Waals surface area contributed by atoms with Crippen molar-refractivity contribution in [1.82, 2.24) is 0 Å². The molecule has 0 atom stereocenters. The number of nitrogens with one attached hydrogen (secondary N) is 1. The van der Waals surface area contributed by atoms with Crippen molar-refractivity contribution in [2.75, 3.05) is 5.32 Å². The number of anilines is 1. The van der Waals surface area contributed by atoms with Crippen LogP contribution in [0, 0.1) is 0 Å². The molecule has 0 aliphatic carbocycles. The molecule has 0 aromatic heterocycles. The zero-order valence-electron chi connectivity index (χ0n) is 6.97. The van der Waals surface area contributed by atoms with Gasteiger partial charge in [0.25, 0.3) is 0 Å². The van der Waals surface area contributed by atoms with E-state index in [2.05, 4.69) is 21.9 Å². The maximum atomic E-state index is 10.2. The average molecular weight is 229 g/mol. The van der Waals surface area contributed by atoms with E-state index in [0.29, 0.717) is 11.4 Å². The fourth-order valence-electron chi connectivity index (χ4n) is 0.834. The lowest BCUT2D eigenvalue weighted by Crippen LogP contribution is -2.18. The first-order valence-electron chi connectivity index (χ1n) is 3.55. The molecule has 0 aliphatic rings. The van der Waals surface area contributed by atoms with Gasteiger partial charge in [-0.1, -0.05) is 0 Å². The van der Waals surface area contributed by atoms with Crippen LogP contribution >= 0.6 is 12.2 Å². The summed E-state index contributed by atoms with van der Waals surface area (Å²) in [5, 5.41) is 2.85. The van der Waals surface area contributed by atoms with Gasteiger partial charge in [0, 0.05) is 5.69 Å². The van der Waals surface area contributed by atoms with Gasteiger partial charge in [-0.2, -0.15) is 8.42 Å². The maximum absolute atomic E-state index is 10.2. The predicted octanol–water partition coefficient (Wildman–Crippen LogP) is 1.04. The SMILES string of the molecule is NC(=S)Nc1ccc(N=S(=O)=O)cc1. The molecule has 1 aromatic rings. The minimum absolute atomic E-state index is 0.155. The van der Waals surface area contributed by atoms with Gasteiger partial charge in [0.15, 0.2) is 5.11 Å². The molecular weight excluding hydrogens is 222 g/mol. The van der Waals surface area contributed by atoms with Gasteiger partial charge >= 0.3 is 10.5 Å². The van der Waals surface area contributed by atoms with Gasteiger partial charge in [-0.05, 0) is 36.5 Å². The van der Waals surface area contributed by atoms with Crippen LogP contribution in [0.25, 0.3) is 0 Å². The van der Waals surface area contributed by atoms with Crippen LogP contribution in [0.2, 0.25) is 0 Å². The standard InChI is InChI=1S/C7H7N3O2S2/c8-7(13)9-5-1-3-6(4-2-5)10-14(11)12/h1-4H,(H3,8,9,13). The summed E-state index contributed by atoms with van der Waals surface area (Å²) >= 11 is 4.62. The summed E-state index contributed by atoms with van der Waals surface area (Å²) in [4.78, 5) is 0. The van der Waals surface area contributed by atoms with Crippen molar-refractivity contribution >= 4 is 39.2 Å². The Morgan fingerprint density at radius 3 is 2.36 bits per heavy atom. The summed E-state index contributed by atoms with van der Waals surface area (Å²) in [6.07, 6.45) is 0. The highest BCUT2D eigenvalue weighted by atomic mass is 32.2. The third kappa shape index (κ3) is 3.50. The summed E-state index contributed by atoms with van der Waals surface area (Å²) in [6, 6.07) is 6.34. The van der Waals surface area contributed by atoms with Gasteiger partial charge in [-0.15, -0.1) is 4.36 Å². The van der Waals surface area contributed by atoms with Crippen molar-refractivity contribution in [1.29, 1.82) is 0 Å². The monoisotopic (exact) mass is 229 g/mol. The molecule has 0 heterocycles. The summed E-state index contributed by atoms with van der Waals surface area (Å²) in [7, 11) is -2.43. The van der Waals surface area contributed by atoms with E-state index < -0.39 is 10.5 Å². The Labute approximate surface area is 87.6 Å². The number of thiocarbonyl (C=S) groups is 1. The second kappa shape index (κ2) is 4.68. The van der Waals surface area contributed by atoms with Crippen molar-refractivity contribution in [3.05, 3.63) is 24.3 Å². The molecule has 0 fully saturated rings. The highest BCUT2D eigenvalue weighted by molar-refractivity contribution is 7.80. The molecule has 0 aliphatic heterocycles. The Kier molecular flexibility index (Phi) is 3.55. The fraction of sp³-hybridized carbons (Fsp3) is 0. The first-order valence-corrected chi connectivity index (χ1v) is 4.99. The summed E-state index contributed by atoms with van der Waals surface area (Å²) in [6.45, 7) is 0. The summed E-state index contributed by atoms with van der Waals surface area (Å²) in [5.41, 5.74) is 6.28. The Morgan fingerprint density at radius 1 is 1.36 bits per heavy atom. The lowest BCUT2D eigenvalue weighted by molar-refractivity contribution is 0.622. The van der Waals surface area contributed by atoms with Crippen molar-refractivity contribution in [2.45, 2.75) is 0 Å². The Bertz CT molecular complexity index is 456. The van der Waals surface area contributed by atoms with Crippen molar-refractivity contribution in [3.63, 3.8) is 0 Å². The lowest BCUT2D eigenvalue weighted by Gasteiger charge is -2.02. The molecule has 74 valence electrons. The van der Waals surface area contributed by atoms with E-state index in [1.807, 2.05) is 0 Å². The van der Waals surface area contributed by atoms with E-state index >= 15 is 0 Å². The molecule has 0 radical (unpaired) electrons. The topological polar surface area (TPSA) is 84.5 Å². The minimum Gasteiger partial charge on any atom is -0.376 e. The van der Waals surface area contributed by atoms with Gasteiger partial charge in [-0.3, -0.25) is 0 Å². The van der Waals surface area contributed by atoms with Gasteiger partial charge < -0.3 is 11.1 Å². The van der Waals surface area contributed by atoms with Crippen LogP contribution in [0.5, 0.6) is 0 Å². The quantitative estimate of drug-likeness (QED) is 0.740. The average Bonchev–Trinajstić information content (AvgIpc) is 2.06. The fourth-order valence-corrected chi connectivity index (χ4v) is 1.25. The van der Waals surface area contributed by atoms with Crippen molar-refractivity contribution < 1.29 is 8.42 Å². The second-order valence-corrected chi connectivity index (χ2v) is 3.40. The van der Waals surface area contributed by atoms with Crippen molar-refractivity contribution in [3.8, 4) is 0 Å². The highest BCUT2D eigenvalue weighted by Gasteiger charge is 1.93. The van der Waals surface area contributed by atoms with Gasteiger partial charge in [0.2, 0.25) is 0 Å². The van der Waals surface area contributed by atoms with E-state index in [9.17, 15) is 8.42 Å². The van der Waals surface area contributed by atoms with Crippen molar-refractivity contribution in [2.24, 2.45) is 10.1 Å². The number of hydrogen-bond donors (Lipinski definition) is 2. The number of nitrogens with two attached hydrogens (primary N) is 1. The third-order valence-electron chi connectivity index (χ3n) is 1.31. The Morgan fingerprint density at radius 2 is 1.93 bits per heavy atom. The van der Waals surface area contributed by atoms with E-state index in [1.165, 1.54) is 12.1 Å². The predicted molar refractivity (Wildman–Crippen MR) is 57.9 cm³/mol. The van der Waals surface area contributed by atoms with Crippen LogP contribution in [-0.4, -0.2) is 13.5 Å². The number of benzene rings is 1. The normalized spacial score (nSPS) is 9.14. The second-order valence-electron chi connectivity index (χ2n) is 2.34. The molecule has 7 heteroatoms. The van der Waals surface area contributed by atoms with Crippen LogP contribution in [0.15, 0.2) is 28.6 Å². The molecule has 5 nitrogen and oxygen atoms in total. The van der Waals surface area contributed by atoms with Gasteiger partial charge in [-0.25, -0.2) is 0 Å². The molecule has 0 unspecified atom stereocenters. The van der Waals surface area contributed by atoms with Crippen LogP contribution in [0.3, 0.4) is 0 Å². The molecule has 0 saturated heterocycles. The van der Waals surface area contributed by atoms with E-state index in [0.717, 1.165) is 0 Å². The van der Waals surface area contributed by atoms with E-state index in [-0.39, 0.29) is 5.11 Å². The smallest absolute Gasteiger partial charge is 0.316 e.